The van der Waals surface area contributed by atoms with Crippen molar-refractivity contribution in [1.82, 2.24) is 4.90 Å². The van der Waals surface area contributed by atoms with Gasteiger partial charge in [0.05, 0.1) is 6.10 Å². The predicted octanol–water partition coefficient (Wildman–Crippen LogP) is 0.967. The average molecular weight is 226 g/mol. The normalized spacial score (nSPS) is 13.1. The number of rotatable bonds is 6. The van der Waals surface area contributed by atoms with Crippen molar-refractivity contribution in [3.63, 3.8) is 0 Å². The van der Waals surface area contributed by atoms with E-state index in [1.165, 1.54) is 12.1 Å². The fourth-order valence-corrected chi connectivity index (χ4v) is 1.61. The standard InChI is InChI=1S/C12H19FN2O/c1-15(9-12(16)6-7-14)8-10-2-4-11(13)5-3-10/h2-5,12,16H,6-9,14H2,1H3. The van der Waals surface area contributed by atoms with Gasteiger partial charge in [0.1, 0.15) is 5.82 Å². The highest BCUT2D eigenvalue weighted by molar-refractivity contribution is 5.15. The molecular weight excluding hydrogens is 207 g/mol. The molecule has 0 saturated heterocycles. The molecule has 16 heavy (non-hydrogen) atoms. The third-order valence-electron chi connectivity index (χ3n) is 2.39. The number of hydrogen-bond acceptors (Lipinski definition) is 3. The van der Waals surface area contributed by atoms with Crippen molar-refractivity contribution in [2.45, 2.75) is 19.1 Å². The number of nitrogens with two attached hydrogens (primary N) is 1. The van der Waals surface area contributed by atoms with Crippen molar-refractivity contribution in [2.24, 2.45) is 5.73 Å². The molecule has 1 unspecified atom stereocenters. The summed E-state index contributed by atoms with van der Waals surface area (Å²) in [7, 11) is 1.92. The molecule has 4 heteroatoms. The van der Waals surface area contributed by atoms with E-state index in [-0.39, 0.29) is 5.82 Å². The highest BCUT2D eigenvalue weighted by Gasteiger charge is 2.07. The maximum atomic E-state index is 12.7. The van der Waals surface area contributed by atoms with Crippen molar-refractivity contribution in [1.29, 1.82) is 0 Å². The van der Waals surface area contributed by atoms with Crippen molar-refractivity contribution < 1.29 is 9.50 Å². The molecule has 90 valence electrons. The monoisotopic (exact) mass is 226 g/mol. The first kappa shape index (κ1) is 13.1. The number of hydrogen-bond donors (Lipinski definition) is 2. The van der Waals surface area contributed by atoms with Crippen molar-refractivity contribution >= 4 is 0 Å². The third kappa shape index (κ3) is 4.70. The molecule has 0 heterocycles. The van der Waals surface area contributed by atoms with Gasteiger partial charge in [0.2, 0.25) is 0 Å². The Bertz CT molecular complexity index is 302. The molecule has 0 aromatic heterocycles. The summed E-state index contributed by atoms with van der Waals surface area (Å²) in [5.41, 5.74) is 6.39. The molecule has 1 atom stereocenters. The quantitative estimate of drug-likeness (QED) is 0.760. The van der Waals surface area contributed by atoms with Crippen molar-refractivity contribution in [3.05, 3.63) is 35.6 Å². The Morgan fingerprint density at radius 1 is 1.38 bits per heavy atom. The van der Waals surface area contributed by atoms with Crippen LogP contribution in [-0.2, 0) is 6.54 Å². The predicted molar refractivity (Wildman–Crippen MR) is 62.4 cm³/mol. The molecular formula is C12H19FN2O. The van der Waals surface area contributed by atoms with Crippen LogP contribution in [0.25, 0.3) is 0 Å². The number of aliphatic hydroxyl groups is 1. The lowest BCUT2D eigenvalue weighted by molar-refractivity contribution is 0.117. The lowest BCUT2D eigenvalue weighted by Gasteiger charge is -2.20. The third-order valence-corrected chi connectivity index (χ3v) is 2.39. The second-order valence-electron chi connectivity index (χ2n) is 4.05. The van der Waals surface area contributed by atoms with Crippen LogP contribution in [0.3, 0.4) is 0 Å². The Kier molecular flexibility index (Phi) is 5.38. The molecule has 0 spiro atoms. The maximum Gasteiger partial charge on any atom is 0.123 e. The van der Waals surface area contributed by atoms with E-state index < -0.39 is 6.10 Å². The minimum Gasteiger partial charge on any atom is -0.392 e. The van der Waals surface area contributed by atoms with Crippen LogP contribution in [0, 0.1) is 5.82 Å². The molecule has 1 aromatic rings. The van der Waals surface area contributed by atoms with Crippen LogP contribution in [0.2, 0.25) is 0 Å². The van der Waals surface area contributed by atoms with Gasteiger partial charge in [0.15, 0.2) is 0 Å². The van der Waals surface area contributed by atoms with Crippen LogP contribution in [-0.4, -0.2) is 36.2 Å². The van der Waals surface area contributed by atoms with E-state index in [4.69, 9.17) is 5.73 Å². The summed E-state index contributed by atoms with van der Waals surface area (Å²) < 4.78 is 12.7. The molecule has 0 amide bonds. The zero-order chi connectivity index (χ0) is 12.0. The average Bonchev–Trinajstić information content (AvgIpc) is 2.21. The number of benzene rings is 1. The second kappa shape index (κ2) is 6.58. The van der Waals surface area contributed by atoms with E-state index in [1.54, 1.807) is 12.1 Å². The van der Waals surface area contributed by atoms with E-state index in [9.17, 15) is 9.50 Å². The first-order chi connectivity index (χ1) is 7.61. The Hall–Kier alpha value is -0.970. The Morgan fingerprint density at radius 2 is 2.00 bits per heavy atom. The fourth-order valence-electron chi connectivity index (χ4n) is 1.61. The van der Waals surface area contributed by atoms with Gasteiger partial charge in [0.25, 0.3) is 0 Å². The zero-order valence-electron chi connectivity index (χ0n) is 9.56. The van der Waals surface area contributed by atoms with Gasteiger partial charge < -0.3 is 10.8 Å². The van der Waals surface area contributed by atoms with Gasteiger partial charge in [0, 0.05) is 13.1 Å². The Labute approximate surface area is 95.7 Å². The molecule has 0 bridgehead atoms. The lowest BCUT2D eigenvalue weighted by Crippen LogP contribution is -2.30. The summed E-state index contributed by atoms with van der Waals surface area (Å²) in [6.45, 7) is 1.77. The maximum absolute atomic E-state index is 12.7. The number of nitrogens with zero attached hydrogens (tertiary/aromatic N) is 1. The lowest BCUT2D eigenvalue weighted by atomic mass is 10.2. The highest BCUT2D eigenvalue weighted by atomic mass is 19.1. The van der Waals surface area contributed by atoms with Gasteiger partial charge in [-0.25, -0.2) is 4.39 Å². The van der Waals surface area contributed by atoms with Gasteiger partial charge in [-0.3, -0.25) is 4.90 Å². The van der Waals surface area contributed by atoms with Crippen LogP contribution < -0.4 is 5.73 Å². The summed E-state index contributed by atoms with van der Waals surface area (Å²) in [4.78, 5) is 1.99. The topological polar surface area (TPSA) is 49.5 Å². The van der Waals surface area contributed by atoms with E-state index in [0.29, 0.717) is 26.1 Å². The summed E-state index contributed by atoms with van der Waals surface area (Å²) in [5, 5.41) is 9.56. The minimum absolute atomic E-state index is 0.227. The van der Waals surface area contributed by atoms with Crippen LogP contribution in [0.15, 0.2) is 24.3 Å². The molecule has 1 aromatic carbocycles. The van der Waals surface area contributed by atoms with Crippen LogP contribution in [0.4, 0.5) is 4.39 Å². The first-order valence-corrected chi connectivity index (χ1v) is 5.43. The van der Waals surface area contributed by atoms with E-state index in [1.807, 2.05) is 11.9 Å². The van der Waals surface area contributed by atoms with Gasteiger partial charge in [-0.1, -0.05) is 12.1 Å². The Morgan fingerprint density at radius 3 is 2.56 bits per heavy atom. The molecule has 3 nitrogen and oxygen atoms in total. The molecule has 1 rings (SSSR count). The highest BCUT2D eigenvalue weighted by Crippen LogP contribution is 2.06. The van der Waals surface area contributed by atoms with Gasteiger partial charge >= 0.3 is 0 Å². The van der Waals surface area contributed by atoms with Gasteiger partial charge in [-0.15, -0.1) is 0 Å². The second-order valence-corrected chi connectivity index (χ2v) is 4.05. The molecule has 0 aliphatic rings. The minimum atomic E-state index is -0.393. The summed E-state index contributed by atoms with van der Waals surface area (Å²) in [5.74, 6) is -0.227. The number of aliphatic hydroxyl groups excluding tert-OH is 1. The Balaban J connectivity index is 2.39. The molecule has 0 saturated carbocycles. The van der Waals surface area contributed by atoms with E-state index in [2.05, 4.69) is 0 Å². The number of likely N-dealkylation sites (N-methyl/N-ethyl adjacent to an activating group) is 1. The first-order valence-electron chi connectivity index (χ1n) is 5.43. The largest absolute Gasteiger partial charge is 0.392 e. The molecule has 0 fully saturated rings. The van der Waals surface area contributed by atoms with Crippen molar-refractivity contribution in [3.8, 4) is 0 Å². The smallest absolute Gasteiger partial charge is 0.123 e. The van der Waals surface area contributed by atoms with Gasteiger partial charge in [-0.2, -0.15) is 0 Å². The molecule has 0 aliphatic heterocycles. The van der Waals surface area contributed by atoms with E-state index in [0.717, 1.165) is 5.56 Å². The van der Waals surface area contributed by atoms with Crippen LogP contribution in [0.1, 0.15) is 12.0 Å². The van der Waals surface area contributed by atoms with Gasteiger partial charge in [-0.05, 0) is 37.7 Å². The van der Waals surface area contributed by atoms with Crippen LogP contribution in [0.5, 0.6) is 0 Å². The van der Waals surface area contributed by atoms with Crippen LogP contribution >= 0.6 is 0 Å². The summed E-state index contributed by atoms with van der Waals surface area (Å²) in [6, 6.07) is 6.39. The van der Waals surface area contributed by atoms with E-state index >= 15 is 0 Å². The SMILES string of the molecule is CN(Cc1ccc(F)cc1)CC(O)CCN. The summed E-state index contributed by atoms with van der Waals surface area (Å²) >= 11 is 0. The molecule has 3 N–H and O–H groups in total. The summed E-state index contributed by atoms with van der Waals surface area (Å²) in [6.07, 6.45) is 0.212. The molecule has 0 radical (unpaired) electrons. The number of halogens is 1. The molecule has 0 aliphatic carbocycles. The zero-order valence-corrected chi connectivity index (χ0v) is 9.56. The van der Waals surface area contributed by atoms with Crippen molar-refractivity contribution in [2.75, 3.05) is 20.1 Å². The fraction of sp³-hybridized carbons (Fsp3) is 0.500.